The molecular formula is C17H26N2O. The van der Waals surface area contributed by atoms with Crippen LogP contribution >= 0.6 is 0 Å². The third-order valence-electron chi connectivity index (χ3n) is 4.20. The SMILES string of the molecule is CNc1ccc(C(=O)NC2CCCCCCC2)cc1C. The summed E-state index contributed by atoms with van der Waals surface area (Å²) in [5.74, 6) is 0.0707. The highest BCUT2D eigenvalue weighted by Gasteiger charge is 2.15. The Kier molecular flexibility index (Phi) is 5.45. The molecule has 1 aromatic carbocycles. The van der Waals surface area contributed by atoms with Crippen molar-refractivity contribution in [1.82, 2.24) is 5.32 Å². The van der Waals surface area contributed by atoms with E-state index < -0.39 is 0 Å². The first-order chi connectivity index (χ1) is 9.70. The van der Waals surface area contributed by atoms with Crippen LogP contribution < -0.4 is 10.6 Å². The molecule has 0 bridgehead atoms. The van der Waals surface area contributed by atoms with Gasteiger partial charge in [0.1, 0.15) is 0 Å². The highest BCUT2D eigenvalue weighted by Crippen LogP contribution is 2.19. The highest BCUT2D eigenvalue weighted by molar-refractivity contribution is 5.95. The Balaban J connectivity index is 1.98. The quantitative estimate of drug-likeness (QED) is 0.878. The fourth-order valence-electron chi connectivity index (χ4n) is 2.95. The molecule has 1 amide bonds. The number of carbonyl (C=O) groups is 1. The molecule has 3 heteroatoms. The molecule has 0 heterocycles. The van der Waals surface area contributed by atoms with Gasteiger partial charge in [-0.2, -0.15) is 0 Å². The van der Waals surface area contributed by atoms with Gasteiger partial charge in [0.2, 0.25) is 0 Å². The minimum Gasteiger partial charge on any atom is -0.388 e. The second-order valence-electron chi connectivity index (χ2n) is 5.80. The molecule has 0 spiro atoms. The van der Waals surface area contributed by atoms with Crippen LogP contribution in [0.15, 0.2) is 18.2 Å². The van der Waals surface area contributed by atoms with Crippen LogP contribution in [0.4, 0.5) is 5.69 Å². The fourth-order valence-corrected chi connectivity index (χ4v) is 2.95. The Morgan fingerprint density at radius 3 is 2.35 bits per heavy atom. The van der Waals surface area contributed by atoms with Crippen molar-refractivity contribution in [3.05, 3.63) is 29.3 Å². The second-order valence-corrected chi connectivity index (χ2v) is 5.80. The van der Waals surface area contributed by atoms with Crippen molar-refractivity contribution < 1.29 is 4.79 Å². The van der Waals surface area contributed by atoms with Crippen LogP contribution in [-0.4, -0.2) is 19.0 Å². The summed E-state index contributed by atoms with van der Waals surface area (Å²) in [7, 11) is 1.90. The monoisotopic (exact) mass is 274 g/mol. The van der Waals surface area contributed by atoms with E-state index in [4.69, 9.17) is 0 Å². The topological polar surface area (TPSA) is 41.1 Å². The lowest BCUT2D eigenvalue weighted by Gasteiger charge is -2.21. The van der Waals surface area contributed by atoms with Crippen LogP contribution in [0.3, 0.4) is 0 Å². The first-order valence-corrected chi connectivity index (χ1v) is 7.80. The molecule has 0 aromatic heterocycles. The maximum absolute atomic E-state index is 12.3. The van der Waals surface area contributed by atoms with E-state index in [1.54, 1.807) is 0 Å². The van der Waals surface area contributed by atoms with Crippen LogP contribution in [0.1, 0.15) is 60.9 Å². The van der Waals surface area contributed by atoms with Gasteiger partial charge in [0, 0.05) is 24.3 Å². The second kappa shape index (κ2) is 7.32. The Labute approximate surface area is 122 Å². The molecule has 1 aromatic rings. The van der Waals surface area contributed by atoms with E-state index in [-0.39, 0.29) is 5.91 Å². The lowest BCUT2D eigenvalue weighted by atomic mass is 9.96. The Morgan fingerprint density at radius 2 is 1.75 bits per heavy atom. The molecule has 0 atom stereocenters. The zero-order valence-corrected chi connectivity index (χ0v) is 12.7. The molecule has 0 radical (unpaired) electrons. The third kappa shape index (κ3) is 3.99. The van der Waals surface area contributed by atoms with Crippen molar-refractivity contribution in [3.63, 3.8) is 0 Å². The van der Waals surface area contributed by atoms with E-state index in [0.717, 1.165) is 29.7 Å². The molecule has 0 unspecified atom stereocenters. The van der Waals surface area contributed by atoms with Crippen LogP contribution in [0.2, 0.25) is 0 Å². The van der Waals surface area contributed by atoms with Crippen LogP contribution in [-0.2, 0) is 0 Å². The largest absolute Gasteiger partial charge is 0.388 e. The molecule has 20 heavy (non-hydrogen) atoms. The van der Waals surface area contributed by atoms with Gasteiger partial charge in [-0.15, -0.1) is 0 Å². The highest BCUT2D eigenvalue weighted by atomic mass is 16.1. The van der Waals surface area contributed by atoms with E-state index in [2.05, 4.69) is 10.6 Å². The molecule has 3 nitrogen and oxygen atoms in total. The predicted octanol–water partition coefficient (Wildman–Crippen LogP) is 3.88. The minimum absolute atomic E-state index is 0.0707. The number of hydrogen-bond donors (Lipinski definition) is 2. The molecule has 1 saturated carbocycles. The lowest BCUT2D eigenvalue weighted by Crippen LogP contribution is -2.35. The van der Waals surface area contributed by atoms with Crippen molar-refractivity contribution >= 4 is 11.6 Å². The average molecular weight is 274 g/mol. The molecule has 1 aliphatic carbocycles. The van der Waals surface area contributed by atoms with Crippen LogP contribution in [0, 0.1) is 6.92 Å². The predicted molar refractivity (Wildman–Crippen MR) is 84.3 cm³/mol. The fraction of sp³-hybridized carbons (Fsp3) is 0.588. The molecule has 2 rings (SSSR count). The normalized spacial score (nSPS) is 17.1. The Hall–Kier alpha value is -1.51. The zero-order valence-electron chi connectivity index (χ0n) is 12.7. The Morgan fingerprint density at radius 1 is 1.10 bits per heavy atom. The summed E-state index contributed by atoms with van der Waals surface area (Å²) in [6.45, 7) is 2.03. The van der Waals surface area contributed by atoms with E-state index in [1.807, 2.05) is 32.2 Å². The number of anilines is 1. The number of rotatable bonds is 3. The van der Waals surface area contributed by atoms with Crippen molar-refractivity contribution in [2.75, 3.05) is 12.4 Å². The molecule has 1 aliphatic rings. The maximum Gasteiger partial charge on any atom is 0.251 e. The number of nitrogens with one attached hydrogen (secondary N) is 2. The van der Waals surface area contributed by atoms with E-state index in [9.17, 15) is 4.79 Å². The van der Waals surface area contributed by atoms with Crippen LogP contribution in [0.5, 0.6) is 0 Å². The smallest absolute Gasteiger partial charge is 0.251 e. The number of aryl methyl sites for hydroxylation is 1. The van der Waals surface area contributed by atoms with E-state index in [0.29, 0.717) is 6.04 Å². The van der Waals surface area contributed by atoms with Gasteiger partial charge in [0.15, 0.2) is 0 Å². The van der Waals surface area contributed by atoms with Gasteiger partial charge in [-0.3, -0.25) is 4.79 Å². The minimum atomic E-state index is 0.0707. The molecule has 110 valence electrons. The van der Waals surface area contributed by atoms with Crippen molar-refractivity contribution in [1.29, 1.82) is 0 Å². The molecule has 1 fully saturated rings. The van der Waals surface area contributed by atoms with Gasteiger partial charge in [-0.25, -0.2) is 0 Å². The van der Waals surface area contributed by atoms with Crippen molar-refractivity contribution in [3.8, 4) is 0 Å². The van der Waals surface area contributed by atoms with Gasteiger partial charge >= 0.3 is 0 Å². The molecular weight excluding hydrogens is 248 g/mol. The number of hydrogen-bond acceptors (Lipinski definition) is 2. The molecule has 0 saturated heterocycles. The van der Waals surface area contributed by atoms with E-state index >= 15 is 0 Å². The standard InChI is InChI=1S/C17H26N2O/c1-13-12-14(10-11-16(13)18-2)17(20)19-15-8-6-4-3-5-7-9-15/h10-12,15,18H,3-9H2,1-2H3,(H,19,20). The number of carbonyl (C=O) groups excluding carboxylic acids is 1. The molecule has 2 N–H and O–H groups in total. The summed E-state index contributed by atoms with van der Waals surface area (Å²) in [5.41, 5.74) is 2.95. The number of amides is 1. The maximum atomic E-state index is 12.3. The number of benzene rings is 1. The zero-order chi connectivity index (χ0) is 14.4. The lowest BCUT2D eigenvalue weighted by molar-refractivity contribution is 0.0930. The van der Waals surface area contributed by atoms with Gasteiger partial charge in [0.25, 0.3) is 5.91 Å². The third-order valence-corrected chi connectivity index (χ3v) is 4.20. The first-order valence-electron chi connectivity index (χ1n) is 7.80. The van der Waals surface area contributed by atoms with E-state index in [1.165, 1.54) is 32.1 Å². The summed E-state index contributed by atoms with van der Waals surface area (Å²) in [4.78, 5) is 12.3. The van der Waals surface area contributed by atoms with Crippen molar-refractivity contribution in [2.24, 2.45) is 0 Å². The van der Waals surface area contributed by atoms with Gasteiger partial charge < -0.3 is 10.6 Å². The van der Waals surface area contributed by atoms with Gasteiger partial charge in [-0.1, -0.05) is 32.1 Å². The average Bonchev–Trinajstić information content (AvgIpc) is 2.41. The summed E-state index contributed by atoms with van der Waals surface area (Å²) >= 11 is 0. The van der Waals surface area contributed by atoms with Crippen molar-refractivity contribution in [2.45, 2.75) is 57.9 Å². The van der Waals surface area contributed by atoms with Crippen LogP contribution in [0.25, 0.3) is 0 Å². The summed E-state index contributed by atoms with van der Waals surface area (Å²) in [5, 5.41) is 6.33. The summed E-state index contributed by atoms with van der Waals surface area (Å²) in [6, 6.07) is 6.19. The first kappa shape index (κ1) is 14.9. The summed E-state index contributed by atoms with van der Waals surface area (Å²) in [6.07, 6.45) is 8.69. The molecule has 0 aliphatic heterocycles. The van der Waals surface area contributed by atoms with Gasteiger partial charge in [0.05, 0.1) is 0 Å². The Bertz CT molecular complexity index is 448. The van der Waals surface area contributed by atoms with Gasteiger partial charge in [-0.05, 0) is 43.5 Å². The summed E-state index contributed by atoms with van der Waals surface area (Å²) < 4.78 is 0.